The monoisotopic (exact) mass is 217 g/mol. The molecular formula is C15H23N. The number of hydrogen-bond donors (Lipinski definition) is 1. The third-order valence-electron chi connectivity index (χ3n) is 3.49. The molecule has 0 aromatic heterocycles. The lowest BCUT2D eigenvalue weighted by Gasteiger charge is -2.16. The fraction of sp³-hybridized carbons (Fsp3) is 0.600. The summed E-state index contributed by atoms with van der Waals surface area (Å²) in [5, 5.41) is 3.46. The summed E-state index contributed by atoms with van der Waals surface area (Å²) in [6.07, 6.45) is 5.43. The maximum atomic E-state index is 3.46. The minimum atomic E-state index is 0.661. The van der Waals surface area contributed by atoms with E-state index in [0.717, 1.165) is 5.92 Å². The highest BCUT2D eigenvalue weighted by Crippen LogP contribution is 2.34. The lowest BCUT2D eigenvalue weighted by Crippen LogP contribution is -2.28. The van der Waals surface area contributed by atoms with Crippen molar-refractivity contribution in [1.82, 2.24) is 5.32 Å². The Bertz CT molecular complexity index is 332. The zero-order chi connectivity index (χ0) is 11.5. The molecule has 1 aliphatic rings. The SMILES string of the molecule is CNC(Cc1cc(C)cc(C)c1)CC1CC1. The van der Waals surface area contributed by atoms with Gasteiger partial charge in [0, 0.05) is 6.04 Å². The molecule has 1 atom stereocenters. The molecule has 0 saturated heterocycles. The van der Waals surface area contributed by atoms with E-state index in [9.17, 15) is 0 Å². The molecule has 1 N–H and O–H groups in total. The molecule has 0 aliphatic heterocycles. The third kappa shape index (κ3) is 3.34. The van der Waals surface area contributed by atoms with E-state index in [2.05, 4.69) is 44.4 Å². The Kier molecular flexibility index (Phi) is 3.65. The maximum absolute atomic E-state index is 3.46. The number of aryl methyl sites for hydroxylation is 2. The second kappa shape index (κ2) is 5.01. The molecule has 88 valence electrons. The predicted molar refractivity (Wildman–Crippen MR) is 69.8 cm³/mol. The summed E-state index contributed by atoms with van der Waals surface area (Å²) in [6, 6.07) is 7.56. The first-order chi connectivity index (χ1) is 7.67. The van der Waals surface area contributed by atoms with Crippen molar-refractivity contribution in [3.05, 3.63) is 34.9 Å². The van der Waals surface area contributed by atoms with Gasteiger partial charge in [0.2, 0.25) is 0 Å². The fourth-order valence-corrected chi connectivity index (χ4v) is 2.53. The minimum Gasteiger partial charge on any atom is -0.317 e. The summed E-state index contributed by atoms with van der Waals surface area (Å²) >= 11 is 0. The summed E-state index contributed by atoms with van der Waals surface area (Å²) in [5.41, 5.74) is 4.25. The quantitative estimate of drug-likeness (QED) is 0.798. The van der Waals surface area contributed by atoms with E-state index in [4.69, 9.17) is 0 Å². The van der Waals surface area contributed by atoms with Gasteiger partial charge in [-0.1, -0.05) is 42.2 Å². The van der Waals surface area contributed by atoms with Gasteiger partial charge in [-0.15, -0.1) is 0 Å². The van der Waals surface area contributed by atoms with Crippen molar-refractivity contribution in [2.75, 3.05) is 7.05 Å². The molecule has 0 amide bonds. The average molecular weight is 217 g/mol. The molecule has 0 radical (unpaired) electrons. The van der Waals surface area contributed by atoms with Crippen LogP contribution >= 0.6 is 0 Å². The van der Waals surface area contributed by atoms with Gasteiger partial charge < -0.3 is 5.32 Å². The van der Waals surface area contributed by atoms with Gasteiger partial charge in [0.15, 0.2) is 0 Å². The Balaban J connectivity index is 1.99. The first-order valence-corrected chi connectivity index (χ1v) is 6.42. The highest BCUT2D eigenvalue weighted by molar-refractivity contribution is 5.29. The normalized spacial score (nSPS) is 17.4. The van der Waals surface area contributed by atoms with Gasteiger partial charge in [-0.25, -0.2) is 0 Å². The van der Waals surface area contributed by atoms with Crippen molar-refractivity contribution in [3.8, 4) is 0 Å². The summed E-state index contributed by atoms with van der Waals surface area (Å²) in [6.45, 7) is 4.37. The Labute approximate surface area is 99.3 Å². The van der Waals surface area contributed by atoms with E-state index in [0.29, 0.717) is 6.04 Å². The molecule has 1 nitrogen and oxygen atoms in total. The summed E-state index contributed by atoms with van der Waals surface area (Å²) in [5.74, 6) is 1.00. The van der Waals surface area contributed by atoms with Gasteiger partial charge in [0.1, 0.15) is 0 Å². The second-order valence-electron chi connectivity index (χ2n) is 5.36. The van der Waals surface area contributed by atoms with E-state index in [1.165, 1.54) is 42.4 Å². The lowest BCUT2D eigenvalue weighted by atomic mass is 9.98. The summed E-state index contributed by atoms with van der Waals surface area (Å²) in [7, 11) is 2.09. The first kappa shape index (κ1) is 11.7. The van der Waals surface area contributed by atoms with E-state index < -0.39 is 0 Å². The molecule has 1 saturated carbocycles. The molecule has 1 unspecified atom stereocenters. The van der Waals surface area contributed by atoms with Crippen molar-refractivity contribution < 1.29 is 0 Å². The number of likely N-dealkylation sites (N-methyl/N-ethyl adjacent to an activating group) is 1. The molecule has 1 heteroatoms. The predicted octanol–water partition coefficient (Wildman–Crippen LogP) is 3.23. The topological polar surface area (TPSA) is 12.0 Å². The molecule has 2 rings (SSSR count). The molecule has 0 bridgehead atoms. The summed E-state index contributed by atoms with van der Waals surface area (Å²) < 4.78 is 0. The van der Waals surface area contributed by atoms with Gasteiger partial charge in [0.25, 0.3) is 0 Å². The van der Waals surface area contributed by atoms with Crippen molar-refractivity contribution in [2.45, 2.75) is 45.6 Å². The van der Waals surface area contributed by atoms with Crippen molar-refractivity contribution in [2.24, 2.45) is 5.92 Å². The zero-order valence-electron chi connectivity index (χ0n) is 10.7. The molecule has 1 aliphatic carbocycles. The Morgan fingerprint density at radius 3 is 2.31 bits per heavy atom. The van der Waals surface area contributed by atoms with Crippen LogP contribution < -0.4 is 5.32 Å². The average Bonchev–Trinajstić information content (AvgIpc) is 2.99. The molecule has 0 spiro atoms. The Morgan fingerprint density at radius 2 is 1.81 bits per heavy atom. The van der Waals surface area contributed by atoms with Crippen LogP contribution in [0.3, 0.4) is 0 Å². The van der Waals surface area contributed by atoms with Gasteiger partial charge in [0.05, 0.1) is 0 Å². The van der Waals surface area contributed by atoms with Crippen LogP contribution in [-0.4, -0.2) is 13.1 Å². The second-order valence-corrected chi connectivity index (χ2v) is 5.36. The van der Waals surface area contributed by atoms with Crippen LogP contribution in [0.5, 0.6) is 0 Å². The van der Waals surface area contributed by atoms with Crippen LogP contribution in [0.1, 0.15) is 36.0 Å². The zero-order valence-corrected chi connectivity index (χ0v) is 10.7. The molecular weight excluding hydrogens is 194 g/mol. The number of nitrogens with one attached hydrogen (secondary N) is 1. The Hall–Kier alpha value is -0.820. The van der Waals surface area contributed by atoms with Crippen LogP contribution in [-0.2, 0) is 6.42 Å². The van der Waals surface area contributed by atoms with E-state index >= 15 is 0 Å². The fourth-order valence-electron chi connectivity index (χ4n) is 2.53. The van der Waals surface area contributed by atoms with Crippen molar-refractivity contribution in [3.63, 3.8) is 0 Å². The largest absolute Gasteiger partial charge is 0.317 e. The van der Waals surface area contributed by atoms with E-state index in [1.807, 2.05) is 0 Å². The van der Waals surface area contributed by atoms with E-state index in [1.54, 1.807) is 0 Å². The van der Waals surface area contributed by atoms with Gasteiger partial charge >= 0.3 is 0 Å². The maximum Gasteiger partial charge on any atom is 0.0107 e. The van der Waals surface area contributed by atoms with Crippen LogP contribution in [0.4, 0.5) is 0 Å². The van der Waals surface area contributed by atoms with Crippen LogP contribution in [0, 0.1) is 19.8 Å². The first-order valence-electron chi connectivity index (χ1n) is 6.42. The standard InChI is InChI=1S/C15H23N/c1-11-6-12(2)8-14(7-11)10-15(16-3)9-13-4-5-13/h6-8,13,15-16H,4-5,9-10H2,1-3H3. The molecule has 1 fully saturated rings. The molecule has 1 aromatic carbocycles. The van der Waals surface area contributed by atoms with Gasteiger partial charge in [-0.3, -0.25) is 0 Å². The summed E-state index contributed by atoms with van der Waals surface area (Å²) in [4.78, 5) is 0. The Morgan fingerprint density at radius 1 is 1.19 bits per heavy atom. The number of benzene rings is 1. The van der Waals surface area contributed by atoms with Crippen LogP contribution in [0.25, 0.3) is 0 Å². The lowest BCUT2D eigenvalue weighted by molar-refractivity contribution is 0.490. The van der Waals surface area contributed by atoms with Crippen molar-refractivity contribution in [1.29, 1.82) is 0 Å². The van der Waals surface area contributed by atoms with Crippen LogP contribution in [0.15, 0.2) is 18.2 Å². The third-order valence-corrected chi connectivity index (χ3v) is 3.49. The molecule has 0 heterocycles. The van der Waals surface area contributed by atoms with Crippen molar-refractivity contribution >= 4 is 0 Å². The highest BCUT2D eigenvalue weighted by atomic mass is 14.9. The van der Waals surface area contributed by atoms with Crippen LogP contribution in [0.2, 0.25) is 0 Å². The van der Waals surface area contributed by atoms with E-state index in [-0.39, 0.29) is 0 Å². The molecule has 16 heavy (non-hydrogen) atoms. The van der Waals surface area contributed by atoms with Gasteiger partial charge in [-0.2, -0.15) is 0 Å². The van der Waals surface area contributed by atoms with Gasteiger partial charge in [-0.05, 0) is 45.2 Å². The highest BCUT2D eigenvalue weighted by Gasteiger charge is 2.24. The molecule has 1 aromatic rings. The number of rotatable bonds is 5. The number of hydrogen-bond acceptors (Lipinski definition) is 1. The minimum absolute atomic E-state index is 0.661. The smallest absolute Gasteiger partial charge is 0.0107 e.